The number of nitrogens with one attached hydrogen (secondary N) is 1. The van der Waals surface area contributed by atoms with Gasteiger partial charge in [0.1, 0.15) is 10.7 Å². The molecule has 1 aromatic heterocycles. The van der Waals surface area contributed by atoms with Crippen LogP contribution in [-0.4, -0.2) is 73.2 Å². The van der Waals surface area contributed by atoms with E-state index in [9.17, 15) is 17.6 Å². The number of alkyl halides is 4. The summed E-state index contributed by atoms with van der Waals surface area (Å²) in [6.45, 7) is 2.57. The van der Waals surface area contributed by atoms with Gasteiger partial charge in [0, 0.05) is 45.9 Å². The first kappa shape index (κ1) is 22.9. The lowest BCUT2D eigenvalue weighted by Gasteiger charge is -2.42. The minimum atomic E-state index is -4.53. The summed E-state index contributed by atoms with van der Waals surface area (Å²) >= 11 is 0.586. The molecule has 0 aliphatic carbocycles. The van der Waals surface area contributed by atoms with Crippen LogP contribution in [0.2, 0.25) is 0 Å². The molecule has 2 aliphatic rings. The minimum Gasteiger partial charge on any atom is -0.385 e. The molecule has 11 heteroatoms. The molecule has 0 bridgehead atoms. The maximum absolute atomic E-state index is 13.4. The van der Waals surface area contributed by atoms with Gasteiger partial charge in [0.2, 0.25) is 5.01 Å². The van der Waals surface area contributed by atoms with Crippen LogP contribution in [0.25, 0.3) is 0 Å². The molecule has 1 atom stereocenters. The highest BCUT2D eigenvalue weighted by atomic mass is 32.1. The SMILES string of the molecule is COCCC1CN(C2=Nc3ccccc3Nc3sc(C(F)(F)F)nc32)CCN1CCCF. The monoisotopic (exact) mass is 471 g/mol. The van der Waals surface area contributed by atoms with E-state index in [0.717, 1.165) is 6.42 Å². The highest BCUT2D eigenvalue weighted by molar-refractivity contribution is 7.16. The van der Waals surface area contributed by atoms with Gasteiger partial charge < -0.3 is 15.0 Å². The van der Waals surface area contributed by atoms with E-state index in [1.54, 1.807) is 13.2 Å². The van der Waals surface area contributed by atoms with Crippen LogP contribution in [0.15, 0.2) is 29.3 Å². The highest BCUT2D eigenvalue weighted by Crippen LogP contribution is 2.42. The number of methoxy groups -OCH3 is 1. The summed E-state index contributed by atoms with van der Waals surface area (Å²) in [4.78, 5) is 12.9. The first-order valence-electron chi connectivity index (χ1n) is 10.5. The molecule has 1 fully saturated rings. The summed E-state index contributed by atoms with van der Waals surface area (Å²) < 4.78 is 58.3. The number of ether oxygens (including phenoxy) is 1. The second-order valence-electron chi connectivity index (χ2n) is 7.73. The van der Waals surface area contributed by atoms with Gasteiger partial charge in [-0.1, -0.05) is 23.5 Å². The Bertz CT molecular complexity index is 964. The van der Waals surface area contributed by atoms with E-state index < -0.39 is 11.2 Å². The summed E-state index contributed by atoms with van der Waals surface area (Å²) in [7, 11) is 1.63. The van der Waals surface area contributed by atoms with E-state index in [0.29, 0.717) is 72.8 Å². The highest BCUT2D eigenvalue weighted by Gasteiger charge is 2.39. The van der Waals surface area contributed by atoms with Crippen LogP contribution in [0.5, 0.6) is 0 Å². The van der Waals surface area contributed by atoms with Gasteiger partial charge in [-0.25, -0.2) is 9.98 Å². The number of piperazine rings is 1. The van der Waals surface area contributed by atoms with Gasteiger partial charge >= 0.3 is 6.18 Å². The molecule has 2 aliphatic heterocycles. The standard InChI is InChI=1S/C21H25F4N5OS/c1-31-12-7-14-13-30(11-10-29(14)9-4-8-22)18-17-19(32-20(28-17)21(23,24)25)27-16-6-3-2-5-15(16)26-18/h2-3,5-6,14,27H,4,7-13H2,1H3. The van der Waals surface area contributed by atoms with Crippen LogP contribution in [0, 0.1) is 0 Å². The van der Waals surface area contributed by atoms with Crippen LogP contribution < -0.4 is 5.32 Å². The second kappa shape index (κ2) is 9.72. The van der Waals surface area contributed by atoms with Gasteiger partial charge in [0.05, 0.1) is 18.0 Å². The number of amidine groups is 1. The van der Waals surface area contributed by atoms with Crippen molar-refractivity contribution in [2.75, 3.05) is 51.9 Å². The summed E-state index contributed by atoms with van der Waals surface area (Å²) in [6, 6.07) is 7.33. The predicted molar refractivity (Wildman–Crippen MR) is 117 cm³/mol. The Balaban J connectivity index is 1.69. The molecule has 0 amide bonds. The molecule has 32 heavy (non-hydrogen) atoms. The third kappa shape index (κ3) is 4.89. The average molecular weight is 472 g/mol. The predicted octanol–water partition coefficient (Wildman–Crippen LogP) is 4.68. The molecule has 1 unspecified atom stereocenters. The molecule has 0 saturated carbocycles. The zero-order chi connectivity index (χ0) is 22.7. The number of halogens is 4. The van der Waals surface area contributed by atoms with E-state index in [1.807, 2.05) is 23.1 Å². The molecule has 174 valence electrons. The van der Waals surface area contributed by atoms with E-state index >= 15 is 0 Å². The van der Waals surface area contributed by atoms with Crippen molar-refractivity contribution in [3.63, 3.8) is 0 Å². The third-order valence-corrected chi connectivity index (χ3v) is 6.61. The first-order valence-corrected chi connectivity index (χ1v) is 11.3. The van der Waals surface area contributed by atoms with Crippen LogP contribution in [0.3, 0.4) is 0 Å². The Hall–Kier alpha value is -2.24. The van der Waals surface area contributed by atoms with Gasteiger partial charge in [-0.05, 0) is 25.0 Å². The van der Waals surface area contributed by atoms with Crippen LogP contribution >= 0.6 is 11.3 Å². The van der Waals surface area contributed by atoms with Crippen molar-refractivity contribution in [2.45, 2.75) is 25.1 Å². The van der Waals surface area contributed by atoms with Crippen molar-refractivity contribution in [2.24, 2.45) is 4.99 Å². The number of thiazole rings is 1. The number of hydrogen-bond donors (Lipinski definition) is 1. The summed E-state index contributed by atoms with van der Waals surface area (Å²) in [5, 5.41) is 2.51. The minimum absolute atomic E-state index is 0.0774. The number of benzene rings is 1. The van der Waals surface area contributed by atoms with Crippen molar-refractivity contribution < 1.29 is 22.3 Å². The number of fused-ring (bicyclic) bond motifs is 2. The lowest BCUT2D eigenvalue weighted by molar-refractivity contribution is -0.137. The van der Waals surface area contributed by atoms with Crippen LogP contribution in [0.1, 0.15) is 23.5 Å². The molecule has 0 radical (unpaired) electrons. The molecular weight excluding hydrogens is 446 g/mol. The van der Waals surface area contributed by atoms with Gasteiger partial charge in [-0.3, -0.25) is 9.29 Å². The molecule has 0 spiro atoms. The van der Waals surface area contributed by atoms with Crippen molar-refractivity contribution in [1.82, 2.24) is 14.8 Å². The van der Waals surface area contributed by atoms with Crippen LogP contribution in [0.4, 0.5) is 33.9 Å². The molecule has 6 nitrogen and oxygen atoms in total. The smallest absolute Gasteiger partial charge is 0.385 e. The fourth-order valence-corrected chi connectivity index (χ4v) is 4.88. The average Bonchev–Trinajstić information content (AvgIpc) is 3.13. The zero-order valence-corrected chi connectivity index (χ0v) is 18.5. The number of nitrogens with zero attached hydrogens (tertiary/aromatic N) is 4. The Kier molecular flexibility index (Phi) is 6.96. The first-order chi connectivity index (χ1) is 15.4. The van der Waals surface area contributed by atoms with Gasteiger partial charge in [0.25, 0.3) is 0 Å². The molecular formula is C21H25F4N5OS. The fraction of sp³-hybridized carbons (Fsp3) is 0.524. The Morgan fingerprint density at radius 1 is 1.25 bits per heavy atom. The molecule has 1 aromatic carbocycles. The molecule has 2 aromatic rings. The largest absolute Gasteiger partial charge is 0.443 e. The zero-order valence-electron chi connectivity index (χ0n) is 17.7. The maximum atomic E-state index is 13.4. The number of anilines is 2. The van der Waals surface area contributed by atoms with Gasteiger partial charge in [-0.15, -0.1) is 0 Å². The van der Waals surface area contributed by atoms with Crippen LogP contribution in [-0.2, 0) is 10.9 Å². The fourth-order valence-electron chi connectivity index (χ4n) is 4.03. The lowest BCUT2D eigenvalue weighted by atomic mass is 10.1. The topological polar surface area (TPSA) is 53.0 Å². The van der Waals surface area contributed by atoms with E-state index in [1.165, 1.54) is 0 Å². The van der Waals surface area contributed by atoms with Gasteiger partial charge in [0.15, 0.2) is 5.84 Å². The number of aliphatic imine (C=N–C) groups is 1. The van der Waals surface area contributed by atoms with E-state index in [2.05, 4.69) is 15.2 Å². The van der Waals surface area contributed by atoms with Crippen molar-refractivity contribution >= 4 is 33.5 Å². The van der Waals surface area contributed by atoms with Gasteiger partial charge in [-0.2, -0.15) is 13.2 Å². The third-order valence-electron chi connectivity index (χ3n) is 5.60. The normalized spacial score (nSPS) is 19.1. The van der Waals surface area contributed by atoms with Crippen molar-refractivity contribution in [1.29, 1.82) is 0 Å². The van der Waals surface area contributed by atoms with E-state index in [4.69, 9.17) is 9.73 Å². The summed E-state index contributed by atoms with van der Waals surface area (Å²) in [5.41, 5.74) is 1.49. The molecule has 1 N–H and O–H groups in total. The Morgan fingerprint density at radius 3 is 2.81 bits per heavy atom. The quantitative estimate of drug-likeness (QED) is 0.620. The van der Waals surface area contributed by atoms with Crippen molar-refractivity contribution in [3.8, 4) is 0 Å². The van der Waals surface area contributed by atoms with Crippen molar-refractivity contribution in [3.05, 3.63) is 35.0 Å². The molecule has 1 saturated heterocycles. The number of aromatic nitrogens is 1. The maximum Gasteiger partial charge on any atom is 0.443 e. The number of rotatable bonds is 6. The van der Waals surface area contributed by atoms with E-state index in [-0.39, 0.29) is 18.4 Å². The summed E-state index contributed by atoms with van der Waals surface area (Å²) in [6.07, 6.45) is -3.35. The second-order valence-corrected chi connectivity index (χ2v) is 8.73. The molecule has 4 rings (SSSR count). The Labute approximate surface area is 187 Å². The number of hydrogen-bond acceptors (Lipinski definition) is 7. The molecule has 3 heterocycles. The Morgan fingerprint density at radius 2 is 2.06 bits per heavy atom. The summed E-state index contributed by atoms with van der Waals surface area (Å²) in [5.74, 6) is 0.428. The lowest BCUT2D eigenvalue weighted by Crippen LogP contribution is -2.55. The number of para-hydroxylation sites is 2.